The number of ether oxygens (including phenoxy) is 5. The van der Waals surface area contributed by atoms with Gasteiger partial charge in [0.1, 0.15) is 0 Å². The molecule has 5 nitrogen and oxygen atoms in total. The topological polar surface area (TPSA) is 49.5 Å². The first-order chi connectivity index (χ1) is 14.0. The van der Waals surface area contributed by atoms with Crippen molar-refractivity contribution in [3.63, 3.8) is 0 Å². The third-order valence-electron chi connectivity index (χ3n) is 6.90. The fraction of sp³-hybridized carbons (Fsp3) is 0.917. The smallest absolute Gasteiger partial charge is 0.0845 e. The molecule has 5 heteroatoms. The van der Waals surface area contributed by atoms with Crippen molar-refractivity contribution in [1.29, 1.82) is 0 Å². The summed E-state index contributed by atoms with van der Waals surface area (Å²) < 4.78 is 27.5. The molecule has 0 spiro atoms. The van der Waals surface area contributed by atoms with Crippen LogP contribution in [-0.4, -0.2) is 65.1 Å². The zero-order chi connectivity index (χ0) is 20.2. The van der Waals surface area contributed by atoms with Gasteiger partial charge in [-0.3, -0.25) is 0 Å². The number of rotatable bonds is 8. The highest BCUT2D eigenvalue weighted by atomic mass is 16.6. The minimum absolute atomic E-state index is 0.299. The van der Waals surface area contributed by atoms with E-state index in [4.69, 9.17) is 23.7 Å². The minimum Gasteiger partial charge on any atom is -0.380 e. The number of epoxide rings is 1. The van der Waals surface area contributed by atoms with Gasteiger partial charge in [0, 0.05) is 24.0 Å². The molecule has 2 aliphatic carbocycles. The summed E-state index contributed by atoms with van der Waals surface area (Å²) in [4.78, 5) is 0. The Morgan fingerprint density at radius 1 is 0.793 bits per heavy atom. The van der Waals surface area contributed by atoms with Crippen LogP contribution in [0.2, 0.25) is 0 Å². The normalized spacial score (nSPS) is 36.1. The molecule has 1 saturated carbocycles. The van der Waals surface area contributed by atoms with Crippen molar-refractivity contribution < 1.29 is 23.7 Å². The third kappa shape index (κ3) is 6.51. The van der Waals surface area contributed by atoms with Gasteiger partial charge in [0.05, 0.1) is 51.8 Å². The third-order valence-corrected chi connectivity index (χ3v) is 6.90. The largest absolute Gasteiger partial charge is 0.380 e. The van der Waals surface area contributed by atoms with Crippen molar-refractivity contribution in [2.75, 3.05) is 52.9 Å². The molecule has 0 N–H and O–H groups in total. The van der Waals surface area contributed by atoms with Crippen molar-refractivity contribution in [2.24, 2.45) is 22.7 Å². The van der Waals surface area contributed by atoms with Crippen molar-refractivity contribution in [2.45, 2.75) is 64.6 Å². The van der Waals surface area contributed by atoms with Crippen molar-refractivity contribution in [1.82, 2.24) is 0 Å². The summed E-state index contributed by atoms with van der Waals surface area (Å²) in [5.41, 5.74) is 0.609. The van der Waals surface area contributed by atoms with E-state index in [1.807, 2.05) is 0 Å². The van der Waals surface area contributed by atoms with E-state index in [1.54, 1.807) is 0 Å². The lowest BCUT2D eigenvalue weighted by atomic mass is 9.89. The fourth-order valence-corrected chi connectivity index (χ4v) is 4.66. The Morgan fingerprint density at radius 2 is 1.45 bits per heavy atom. The van der Waals surface area contributed by atoms with Gasteiger partial charge < -0.3 is 23.7 Å². The lowest BCUT2D eigenvalue weighted by Gasteiger charge is -2.38. The Labute approximate surface area is 176 Å². The Morgan fingerprint density at radius 3 is 1.97 bits per heavy atom. The summed E-state index contributed by atoms with van der Waals surface area (Å²) >= 11 is 0. The molecule has 3 aliphatic heterocycles. The zero-order valence-electron chi connectivity index (χ0n) is 18.4. The maximum Gasteiger partial charge on any atom is 0.0845 e. The van der Waals surface area contributed by atoms with Crippen LogP contribution < -0.4 is 0 Å². The van der Waals surface area contributed by atoms with E-state index < -0.39 is 0 Å². The monoisotopic (exact) mass is 408 g/mol. The molecule has 0 aromatic rings. The van der Waals surface area contributed by atoms with E-state index in [1.165, 1.54) is 38.5 Å². The number of fused-ring (bicyclic) bond motifs is 1. The predicted octanol–water partition coefficient (Wildman–Crippen LogP) is 4.00. The van der Waals surface area contributed by atoms with Gasteiger partial charge in [0.25, 0.3) is 0 Å². The molecule has 0 aromatic carbocycles. The summed E-state index contributed by atoms with van der Waals surface area (Å²) in [5, 5.41) is 0. The van der Waals surface area contributed by atoms with Crippen molar-refractivity contribution >= 4 is 0 Å². The molecule has 0 aromatic heterocycles. The first-order valence-electron chi connectivity index (χ1n) is 11.7. The van der Waals surface area contributed by atoms with Crippen LogP contribution in [0.1, 0.15) is 52.4 Å². The maximum atomic E-state index is 5.81. The molecule has 29 heavy (non-hydrogen) atoms. The highest BCUT2D eigenvalue weighted by Crippen LogP contribution is 2.39. The SMILES string of the molecule is CC1(COCC2CC=CCC2)COC1.CC1(COCC2CCC3OC3C2)COC1. The Hall–Kier alpha value is -0.460. The molecule has 0 bridgehead atoms. The van der Waals surface area contributed by atoms with Crippen LogP contribution in [0.5, 0.6) is 0 Å². The van der Waals surface area contributed by atoms with Crippen LogP contribution in [-0.2, 0) is 23.7 Å². The minimum atomic E-state index is 0.299. The molecule has 3 saturated heterocycles. The summed E-state index contributed by atoms with van der Waals surface area (Å²) in [6, 6.07) is 0. The van der Waals surface area contributed by atoms with E-state index in [0.29, 0.717) is 23.0 Å². The molecule has 4 atom stereocenters. The van der Waals surface area contributed by atoms with Crippen LogP contribution in [0.4, 0.5) is 0 Å². The molecular weight excluding hydrogens is 368 g/mol. The van der Waals surface area contributed by atoms with Gasteiger partial charge in [-0.25, -0.2) is 0 Å². The van der Waals surface area contributed by atoms with Crippen molar-refractivity contribution in [3.8, 4) is 0 Å². The van der Waals surface area contributed by atoms with Crippen LogP contribution >= 0.6 is 0 Å². The van der Waals surface area contributed by atoms with Gasteiger partial charge in [-0.15, -0.1) is 0 Å². The van der Waals surface area contributed by atoms with E-state index in [0.717, 1.165) is 64.7 Å². The van der Waals surface area contributed by atoms with Crippen LogP contribution in [0.3, 0.4) is 0 Å². The standard InChI is InChI=1S/C12H20O3.C12H20O2/c1-12(7-14-8-12)6-13-5-9-2-3-10-11(4-9)15-10;1-12(9-14-10-12)8-13-7-11-5-3-2-4-6-11/h9-11H,2-8H2,1H3;2-3,11H,4-10H2,1H3. The first kappa shape index (κ1) is 21.8. The van der Waals surface area contributed by atoms with Gasteiger partial charge in [-0.2, -0.15) is 0 Å². The molecule has 0 amide bonds. The maximum absolute atomic E-state index is 5.81. The van der Waals surface area contributed by atoms with Gasteiger partial charge in [0.2, 0.25) is 0 Å². The second kappa shape index (κ2) is 9.78. The van der Waals surface area contributed by atoms with E-state index in [2.05, 4.69) is 26.0 Å². The highest BCUT2D eigenvalue weighted by molar-refractivity contribution is 4.92. The Kier molecular flexibility index (Phi) is 7.34. The average molecular weight is 409 g/mol. The molecule has 166 valence electrons. The molecular formula is C24H40O5. The molecule has 5 aliphatic rings. The lowest BCUT2D eigenvalue weighted by molar-refractivity contribution is -0.141. The quantitative estimate of drug-likeness (QED) is 0.449. The van der Waals surface area contributed by atoms with Gasteiger partial charge >= 0.3 is 0 Å². The summed E-state index contributed by atoms with van der Waals surface area (Å²) in [7, 11) is 0. The van der Waals surface area contributed by atoms with Gasteiger partial charge in [-0.1, -0.05) is 26.0 Å². The van der Waals surface area contributed by atoms with Crippen LogP contribution in [0, 0.1) is 22.7 Å². The van der Waals surface area contributed by atoms with E-state index >= 15 is 0 Å². The van der Waals surface area contributed by atoms with Crippen molar-refractivity contribution in [3.05, 3.63) is 12.2 Å². The van der Waals surface area contributed by atoms with E-state index in [-0.39, 0.29) is 0 Å². The second-order valence-corrected chi connectivity index (χ2v) is 10.7. The second-order valence-electron chi connectivity index (χ2n) is 10.7. The predicted molar refractivity (Wildman–Crippen MR) is 112 cm³/mol. The molecule has 3 heterocycles. The lowest BCUT2D eigenvalue weighted by Crippen LogP contribution is -2.43. The number of allylic oxidation sites excluding steroid dienone is 2. The highest BCUT2D eigenvalue weighted by Gasteiger charge is 2.44. The molecule has 5 rings (SSSR count). The van der Waals surface area contributed by atoms with Crippen LogP contribution in [0.25, 0.3) is 0 Å². The Bertz CT molecular complexity index is 539. The summed E-state index contributed by atoms with van der Waals surface area (Å²) in [6.45, 7) is 11.5. The van der Waals surface area contributed by atoms with Gasteiger partial charge in [0.15, 0.2) is 0 Å². The fourth-order valence-electron chi connectivity index (χ4n) is 4.66. The number of hydrogen-bond donors (Lipinski definition) is 0. The van der Waals surface area contributed by atoms with Gasteiger partial charge in [-0.05, 0) is 50.4 Å². The van der Waals surface area contributed by atoms with Crippen LogP contribution in [0.15, 0.2) is 12.2 Å². The first-order valence-corrected chi connectivity index (χ1v) is 11.7. The zero-order valence-corrected chi connectivity index (χ0v) is 18.4. The van der Waals surface area contributed by atoms with E-state index in [9.17, 15) is 0 Å². The number of hydrogen-bond acceptors (Lipinski definition) is 5. The average Bonchev–Trinajstić information content (AvgIpc) is 3.46. The summed E-state index contributed by atoms with van der Waals surface area (Å²) in [5.74, 6) is 1.49. The summed E-state index contributed by atoms with van der Waals surface area (Å²) in [6.07, 6.45) is 13.2. The molecule has 4 fully saturated rings. The Balaban J connectivity index is 0.000000142. The molecule has 0 radical (unpaired) electrons. The molecule has 4 unspecified atom stereocenters.